The van der Waals surface area contributed by atoms with Crippen LogP contribution in [0, 0.1) is 18.3 Å². The van der Waals surface area contributed by atoms with Crippen LogP contribution in [0.3, 0.4) is 0 Å². The van der Waals surface area contributed by atoms with E-state index in [2.05, 4.69) is 31.9 Å². The number of aryl methyl sites for hydroxylation is 1. The number of rotatable bonds is 6. The Bertz CT molecular complexity index is 1720. The van der Waals surface area contributed by atoms with Crippen molar-refractivity contribution in [2.75, 3.05) is 5.32 Å². The Balaban J connectivity index is 1.70. The summed E-state index contributed by atoms with van der Waals surface area (Å²) in [4.78, 5) is 13.2. The zero-order valence-electron chi connectivity index (χ0n) is 21.0. The maximum Gasteiger partial charge on any atom is 0.266 e. The largest absolute Gasteiger partial charge is 0.321 e. The van der Waals surface area contributed by atoms with E-state index in [0.29, 0.717) is 10.7 Å². The van der Waals surface area contributed by atoms with Crippen LogP contribution in [-0.4, -0.2) is 10.5 Å². The number of carbonyl (C=O) groups excluding carboxylic acids is 1. The average Bonchev–Trinajstić information content (AvgIpc) is 3.34. The molecule has 1 amide bonds. The van der Waals surface area contributed by atoms with Gasteiger partial charge in [0.1, 0.15) is 11.6 Å². The van der Waals surface area contributed by atoms with E-state index in [1.54, 1.807) is 18.2 Å². The second-order valence-electron chi connectivity index (χ2n) is 8.97. The maximum absolute atomic E-state index is 13.2. The van der Waals surface area contributed by atoms with Crippen LogP contribution in [0.15, 0.2) is 119 Å². The fourth-order valence-corrected chi connectivity index (χ4v) is 4.83. The molecule has 0 aliphatic carbocycles. The van der Waals surface area contributed by atoms with Gasteiger partial charge in [-0.15, -0.1) is 0 Å². The molecule has 6 heteroatoms. The fourth-order valence-electron chi connectivity index (χ4n) is 4.38. The minimum Gasteiger partial charge on any atom is -0.321 e. The van der Waals surface area contributed by atoms with Crippen LogP contribution in [0.1, 0.15) is 11.1 Å². The van der Waals surface area contributed by atoms with Gasteiger partial charge < -0.3 is 9.88 Å². The van der Waals surface area contributed by atoms with E-state index in [1.807, 2.05) is 104 Å². The number of benzene rings is 4. The van der Waals surface area contributed by atoms with Crippen molar-refractivity contribution in [3.05, 3.63) is 135 Å². The number of amides is 1. The molecule has 4 nitrogen and oxygen atoms in total. The second kappa shape index (κ2) is 11.6. The highest BCUT2D eigenvalue weighted by atomic mass is 79.9. The predicted molar refractivity (Wildman–Crippen MR) is 163 cm³/mol. The maximum atomic E-state index is 13.2. The van der Waals surface area contributed by atoms with Crippen LogP contribution in [-0.2, 0) is 4.79 Å². The van der Waals surface area contributed by atoms with Crippen molar-refractivity contribution in [2.24, 2.45) is 0 Å². The third-order valence-electron chi connectivity index (χ3n) is 6.33. The van der Waals surface area contributed by atoms with Crippen molar-refractivity contribution in [3.8, 4) is 34.3 Å². The molecule has 0 radical (unpaired) electrons. The van der Waals surface area contributed by atoms with Crippen LogP contribution >= 0.6 is 27.5 Å². The third-order valence-corrected chi connectivity index (χ3v) is 7.26. The molecular weight excluding hydrogens is 570 g/mol. The molecule has 0 aliphatic rings. The van der Waals surface area contributed by atoms with E-state index in [9.17, 15) is 10.1 Å². The number of nitriles is 1. The fraction of sp³-hybridized carbons (Fsp3) is 0.0303. The van der Waals surface area contributed by atoms with Gasteiger partial charge in [-0.05, 0) is 72.2 Å². The summed E-state index contributed by atoms with van der Waals surface area (Å²) in [5, 5.41) is 13.4. The monoisotopic (exact) mass is 591 g/mol. The van der Waals surface area contributed by atoms with E-state index >= 15 is 0 Å². The smallest absolute Gasteiger partial charge is 0.266 e. The lowest BCUT2D eigenvalue weighted by molar-refractivity contribution is -0.112. The molecule has 0 saturated carbocycles. The number of carbonyl (C=O) groups is 1. The first-order valence-electron chi connectivity index (χ1n) is 12.3. The average molecular weight is 593 g/mol. The molecule has 0 bridgehead atoms. The van der Waals surface area contributed by atoms with Crippen LogP contribution < -0.4 is 5.32 Å². The molecule has 1 aromatic heterocycles. The van der Waals surface area contributed by atoms with Gasteiger partial charge in [-0.2, -0.15) is 5.26 Å². The highest BCUT2D eigenvalue weighted by Gasteiger charge is 2.20. The highest BCUT2D eigenvalue weighted by Crippen LogP contribution is 2.37. The molecule has 5 rings (SSSR count). The number of nitrogens with zero attached hydrogens (tertiary/aromatic N) is 2. The predicted octanol–water partition coefficient (Wildman–Crippen LogP) is 9.08. The SMILES string of the molecule is Cc1ccc(NC(=O)/C(C#N)=C/c2cc(-c3ccccc3)n(-c3ccc(Br)cc3)c2-c2ccccc2)cc1Cl. The lowest BCUT2D eigenvalue weighted by Crippen LogP contribution is -2.13. The van der Waals surface area contributed by atoms with Gasteiger partial charge in [0.15, 0.2) is 0 Å². The Kier molecular flexibility index (Phi) is 7.79. The Morgan fingerprint density at radius 3 is 2.15 bits per heavy atom. The first kappa shape index (κ1) is 26.2. The standard InChI is InChI=1S/C33H23BrClN3O/c1-22-12-15-28(20-30(22)35)37-33(39)26(21-36)18-25-19-31(23-8-4-2-5-9-23)38(29-16-13-27(34)14-17-29)32(25)24-10-6-3-7-11-24/h2-20H,1H3,(H,37,39)/b26-18+. The number of hydrogen-bond donors (Lipinski definition) is 1. The van der Waals surface area contributed by atoms with E-state index in [1.165, 1.54) is 0 Å². The summed E-state index contributed by atoms with van der Waals surface area (Å²) in [5.41, 5.74) is 6.88. The van der Waals surface area contributed by atoms with E-state index in [4.69, 9.17) is 11.6 Å². The number of nitrogens with one attached hydrogen (secondary N) is 1. The van der Waals surface area contributed by atoms with Gasteiger partial charge in [0.25, 0.3) is 5.91 Å². The molecule has 0 aliphatic heterocycles. The van der Waals surface area contributed by atoms with Crippen LogP contribution in [0.25, 0.3) is 34.3 Å². The van der Waals surface area contributed by atoms with E-state index < -0.39 is 5.91 Å². The Labute approximate surface area is 240 Å². The Morgan fingerprint density at radius 2 is 1.54 bits per heavy atom. The number of aromatic nitrogens is 1. The molecule has 4 aromatic carbocycles. The van der Waals surface area contributed by atoms with Gasteiger partial charge in [-0.25, -0.2) is 0 Å². The van der Waals surface area contributed by atoms with Crippen molar-refractivity contribution >= 4 is 45.2 Å². The summed E-state index contributed by atoms with van der Waals surface area (Å²) in [6.07, 6.45) is 1.65. The summed E-state index contributed by atoms with van der Waals surface area (Å²) < 4.78 is 3.14. The summed E-state index contributed by atoms with van der Waals surface area (Å²) in [5.74, 6) is -0.505. The minimum absolute atomic E-state index is 0.0172. The molecule has 39 heavy (non-hydrogen) atoms. The second-order valence-corrected chi connectivity index (χ2v) is 10.3. The molecule has 5 aromatic rings. The quantitative estimate of drug-likeness (QED) is 0.158. The zero-order chi connectivity index (χ0) is 27.4. The summed E-state index contributed by atoms with van der Waals surface area (Å²) in [7, 11) is 0. The van der Waals surface area contributed by atoms with Crippen molar-refractivity contribution in [1.29, 1.82) is 5.26 Å². The van der Waals surface area contributed by atoms with Gasteiger partial charge in [0.2, 0.25) is 0 Å². The summed E-state index contributed by atoms with van der Waals surface area (Å²) in [6, 6.07) is 37.5. The highest BCUT2D eigenvalue weighted by molar-refractivity contribution is 9.10. The summed E-state index contributed by atoms with van der Waals surface area (Å²) in [6.45, 7) is 1.89. The van der Waals surface area contributed by atoms with Gasteiger partial charge in [-0.3, -0.25) is 4.79 Å². The van der Waals surface area contributed by atoms with Crippen molar-refractivity contribution in [3.63, 3.8) is 0 Å². The Hall–Kier alpha value is -4.37. The van der Waals surface area contributed by atoms with Crippen LogP contribution in [0.5, 0.6) is 0 Å². The van der Waals surface area contributed by atoms with Crippen molar-refractivity contribution < 1.29 is 4.79 Å². The lowest BCUT2D eigenvalue weighted by Gasteiger charge is -2.15. The molecule has 190 valence electrons. The molecule has 0 spiro atoms. The van der Waals surface area contributed by atoms with Gasteiger partial charge in [0, 0.05) is 26.4 Å². The number of hydrogen-bond acceptors (Lipinski definition) is 2. The molecule has 1 heterocycles. The number of halogens is 2. The molecule has 0 unspecified atom stereocenters. The molecular formula is C33H23BrClN3O. The van der Waals surface area contributed by atoms with Crippen molar-refractivity contribution in [2.45, 2.75) is 6.92 Å². The third kappa shape index (κ3) is 5.73. The van der Waals surface area contributed by atoms with Crippen LogP contribution in [0.4, 0.5) is 5.69 Å². The topological polar surface area (TPSA) is 57.8 Å². The first-order valence-corrected chi connectivity index (χ1v) is 13.4. The zero-order valence-corrected chi connectivity index (χ0v) is 23.4. The van der Waals surface area contributed by atoms with Gasteiger partial charge >= 0.3 is 0 Å². The number of anilines is 1. The molecule has 0 saturated heterocycles. The van der Waals surface area contributed by atoms with E-state index in [-0.39, 0.29) is 5.57 Å². The molecule has 1 N–H and O–H groups in total. The Morgan fingerprint density at radius 1 is 0.897 bits per heavy atom. The normalized spacial score (nSPS) is 11.2. The van der Waals surface area contributed by atoms with Crippen LogP contribution in [0.2, 0.25) is 5.02 Å². The summed E-state index contributed by atoms with van der Waals surface area (Å²) >= 11 is 9.77. The van der Waals surface area contributed by atoms with Crippen molar-refractivity contribution in [1.82, 2.24) is 4.57 Å². The molecule has 0 fully saturated rings. The molecule has 0 atom stereocenters. The first-order chi connectivity index (χ1) is 18.9. The van der Waals surface area contributed by atoms with Gasteiger partial charge in [-0.1, -0.05) is 94.3 Å². The van der Waals surface area contributed by atoms with Gasteiger partial charge in [0.05, 0.1) is 11.4 Å². The minimum atomic E-state index is -0.505. The lowest BCUT2D eigenvalue weighted by atomic mass is 10.0. The van der Waals surface area contributed by atoms with E-state index in [0.717, 1.165) is 43.8 Å².